The van der Waals surface area contributed by atoms with Crippen LogP contribution < -0.4 is 15.2 Å². The number of hydrogen-bond donors (Lipinski definition) is 3. The summed E-state index contributed by atoms with van der Waals surface area (Å²) < 4.78 is 10.4. The molecule has 0 aliphatic heterocycles. The molecule has 6 heteroatoms. The molecule has 0 spiro atoms. The smallest absolute Gasteiger partial charge is 0.172 e. The monoisotopic (exact) mass is 235 g/mol. The van der Waals surface area contributed by atoms with E-state index in [4.69, 9.17) is 20.4 Å². The van der Waals surface area contributed by atoms with Crippen LogP contribution in [0.25, 0.3) is 10.9 Å². The van der Waals surface area contributed by atoms with Gasteiger partial charge >= 0.3 is 0 Å². The number of oxime groups is 1. The number of benzene rings is 1. The van der Waals surface area contributed by atoms with Gasteiger partial charge in [0, 0.05) is 23.2 Å². The number of aromatic nitrogens is 1. The summed E-state index contributed by atoms with van der Waals surface area (Å²) in [6.45, 7) is 0. The quantitative estimate of drug-likeness (QED) is 0.323. The van der Waals surface area contributed by atoms with Gasteiger partial charge in [0.15, 0.2) is 17.3 Å². The predicted octanol–water partition coefficient (Wildman–Crippen LogP) is 1.28. The standard InChI is InChI=1S/C11H13N3O3/c1-16-9-3-6-7(11(12)14-15)5-13-8(6)4-10(9)17-2/h3-5,13,15H,1-2H3,(H2,12,14). The van der Waals surface area contributed by atoms with Crippen molar-refractivity contribution in [2.24, 2.45) is 10.9 Å². The molecule has 0 unspecified atom stereocenters. The van der Waals surface area contributed by atoms with Crippen molar-refractivity contribution in [3.8, 4) is 11.5 Å². The maximum atomic E-state index is 8.69. The van der Waals surface area contributed by atoms with Crippen molar-refractivity contribution in [3.05, 3.63) is 23.9 Å². The van der Waals surface area contributed by atoms with E-state index in [2.05, 4.69) is 10.1 Å². The summed E-state index contributed by atoms with van der Waals surface area (Å²) in [5.74, 6) is 1.25. The van der Waals surface area contributed by atoms with Gasteiger partial charge in [-0.05, 0) is 6.07 Å². The number of nitrogens with one attached hydrogen (secondary N) is 1. The first-order valence-electron chi connectivity index (χ1n) is 4.92. The Morgan fingerprint density at radius 1 is 1.29 bits per heavy atom. The van der Waals surface area contributed by atoms with Crippen LogP contribution in [0.2, 0.25) is 0 Å². The number of nitrogens with zero attached hydrogens (tertiary/aromatic N) is 1. The number of aromatic amines is 1. The van der Waals surface area contributed by atoms with Gasteiger partial charge in [0.25, 0.3) is 0 Å². The van der Waals surface area contributed by atoms with E-state index in [0.29, 0.717) is 17.1 Å². The summed E-state index contributed by atoms with van der Waals surface area (Å²) in [4.78, 5) is 3.02. The van der Waals surface area contributed by atoms with Gasteiger partial charge < -0.3 is 25.4 Å². The highest BCUT2D eigenvalue weighted by atomic mass is 16.5. The molecule has 0 bridgehead atoms. The zero-order valence-electron chi connectivity index (χ0n) is 9.52. The number of H-pyrrole nitrogens is 1. The van der Waals surface area contributed by atoms with Crippen LogP contribution in [0.5, 0.6) is 11.5 Å². The molecule has 0 saturated carbocycles. The lowest BCUT2D eigenvalue weighted by Crippen LogP contribution is -2.12. The van der Waals surface area contributed by atoms with Gasteiger partial charge in [0.05, 0.1) is 19.7 Å². The average Bonchev–Trinajstić information content (AvgIpc) is 2.78. The molecule has 0 radical (unpaired) electrons. The highest BCUT2D eigenvalue weighted by Crippen LogP contribution is 2.33. The number of rotatable bonds is 3. The third-order valence-electron chi connectivity index (χ3n) is 2.57. The Morgan fingerprint density at radius 3 is 2.53 bits per heavy atom. The molecule has 1 aromatic heterocycles. The molecule has 2 rings (SSSR count). The normalized spacial score (nSPS) is 11.8. The molecule has 0 saturated heterocycles. The first-order chi connectivity index (χ1) is 8.21. The molecule has 0 aliphatic carbocycles. The lowest BCUT2D eigenvalue weighted by atomic mass is 10.1. The second kappa shape index (κ2) is 4.25. The Labute approximate surface area is 97.6 Å². The highest BCUT2D eigenvalue weighted by Gasteiger charge is 2.12. The fraction of sp³-hybridized carbons (Fsp3) is 0.182. The number of ether oxygens (including phenoxy) is 2. The number of methoxy groups -OCH3 is 2. The SMILES string of the molecule is COc1cc2[nH]cc(C(N)=NO)c2cc1OC. The third-order valence-corrected chi connectivity index (χ3v) is 2.57. The van der Waals surface area contributed by atoms with Gasteiger partial charge in [-0.15, -0.1) is 0 Å². The van der Waals surface area contributed by atoms with Crippen molar-refractivity contribution in [1.82, 2.24) is 4.98 Å². The molecular weight excluding hydrogens is 222 g/mol. The van der Waals surface area contributed by atoms with Gasteiger partial charge in [-0.2, -0.15) is 0 Å². The first kappa shape index (κ1) is 11.1. The number of amidine groups is 1. The molecule has 90 valence electrons. The fourth-order valence-corrected chi connectivity index (χ4v) is 1.71. The third kappa shape index (κ3) is 1.73. The van der Waals surface area contributed by atoms with Crippen LogP contribution in [-0.2, 0) is 0 Å². The van der Waals surface area contributed by atoms with Gasteiger partial charge in [0.2, 0.25) is 0 Å². The molecule has 0 amide bonds. The molecular formula is C11H13N3O3. The molecule has 0 fully saturated rings. The maximum Gasteiger partial charge on any atom is 0.172 e. The van der Waals surface area contributed by atoms with Crippen LogP contribution in [0.1, 0.15) is 5.56 Å². The van der Waals surface area contributed by atoms with Crippen molar-refractivity contribution in [2.75, 3.05) is 14.2 Å². The number of fused-ring (bicyclic) bond motifs is 1. The maximum absolute atomic E-state index is 8.69. The summed E-state index contributed by atoms with van der Waals surface area (Å²) in [5.41, 5.74) is 7.01. The summed E-state index contributed by atoms with van der Waals surface area (Å²) in [5, 5.41) is 12.5. The van der Waals surface area contributed by atoms with Crippen molar-refractivity contribution in [1.29, 1.82) is 0 Å². The first-order valence-corrected chi connectivity index (χ1v) is 4.92. The Hall–Kier alpha value is -2.37. The van der Waals surface area contributed by atoms with E-state index in [1.54, 1.807) is 32.5 Å². The molecule has 1 aromatic carbocycles. The number of hydrogen-bond acceptors (Lipinski definition) is 4. The van der Waals surface area contributed by atoms with Crippen LogP contribution >= 0.6 is 0 Å². The molecule has 17 heavy (non-hydrogen) atoms. The fourth-order valence-electron chi connectivity index (χ4n) is 1.71. The Kier molecular flexibility index (Phi) is 2.78. The minimum absolute atomic E-state index is 0.0449. The zero-order chi connectivity index (χ0) is 12.4. The summed E-state index contributed by atoms with van der Waals surface area (Å²) in [7, 11) is 3.12. The van der Waals surface area contributed by atoms with E-state index < -0.39 is 0 Å². The Balaban J connectivity index is 2.69. The largest absolute Gasteiger partial charge is 0.493 e. The Bertz CT molecular complexity index is 575. The summed E-state index contributed by atoms with van der Waals surface area (Å²) in [6, 6.07) is 3.57. The van der Waals surface area contributed by atoms with Crippen LogP contribution in [0, 0.1) is 0 Å². The average molecular weight is 235 g/mol. The lowest BCUT2D eigenvalue weighted by Gasteiger charge is -2.07. The van der Waals surface area contributed by atoms with Crippen molar-refractivity contribution in [2.45, 2.75) is 0 Å². The van der Waals surface area contributed by atoms with Crippen molar-refractivity contribution in [3.63, 3.8) is 0 Å². The molecule has 4 N–H and O–H groups in total. The van der Waals surface area contributed by atoms with Crippen LogP contribution in [0.3, 0.4) is 0 Å². The van der Waals surface area contributed by atoms with E-state index in [1.165, 1.54) is 0 Å². The molecule has 0 aliphatic rings. The summed E-state index contributed by atoms with van der Waals surface area (Å²) >= 11 is 0. The zero-order valence-corrected chi connectivity index (χ0v) is 9.52. The van der Waals surface area contributed by atoms with E-state index in [1.807, 2.05) is 0 Å². The van der Waals surface area contributed by atoms with Crippen molar-refractivity contribution >= 4 is 16.7 Å². The molecule has 0 atom stereocenters. The van der Waals surface area contributed by atoms with E-state index in [0.717, 1.165) is 10.9 Å². The van der Waals surface area contributed by atoms with Crippen LogP contribution in [0.4, 0.5) is 0 Å². The number of nitrogens with two attached hydrogens (primary N) is 1. The lowest BCUT2D eigenvalue weighted by molar-refractivity contribution is 0.318. The topological polar surface area (TPSA) is 92.9 Å². The van der Waals surface area contributed by atoms with E-state index in [-0.39, 0.29) is 5.84 Å². The van der Waals surface area contributed by atoms with E-state index in [9.17, 15) is 0 Å². The highest BCUT2D eigenvalue weighted by molar-refractivity contribution is 6.09. The van der Waals surface area contributed by atoms with Crippen LogP contribution in [-0.4, -0.2) is 30.2 Å². The van der Waals surface area contributed by atoms with E-state index >= 15 is 0 Å². The minimum Gasteiger partial charge on any atom is -0.493 e. The molecule has 1 heterocycles. The van der Waals surface area contributed by atoms with Gasteiger partial charge in [-0.25, -0.2) is 0 Å². The van der Waals surface area contributed by atoms with Gasteiger partial charge in [-0.1, -0.05) is 5.16 Å². The summed E-state index contributed by atoms with van der Waals surface area (Å²) in [6.07, 6.45) is 1.67. The van der Waals surface area contributed by atoms with Crippen LogP contribution in [0.15, 0.2) is 23.5 Å². The molecule has 6 nitrogen and oxygen atoms in total. The predicted molar refractivity (Wildman–Crippen MR) is 63.9 cm³/mol. The Morgan fingerprint density at radius 2 is 1.94 bits per heavy atom. The van der Waals surface area contributed by atoms with Gasteiger partial charge in [-0.3, -0.25) is 0 Å². The molecule has 2 aromatic rings. The van der Waals surface area contributed by atoms with Gasteiger partial charge in [0.1, 0.15) is 0 Å². The minimum atomic E-state index is 0.0449. The second-order valence-electron chi connectivity index (χ2n) is 3.44. The second-order valence-corrected chi connectivity index (χ2v) is 3.44. The van der Waals surface area contributed by atoms with Crippen molar-refractivity contribution < 1.29 is 14.7 Å².